The minimum absolute atomic E-state index is 0.0761. The number of ether oxygens (including phenoxy) is 1. The molecule has 1 N–H and O–H groups in total. The molecule has 1 aromatic heterocycles. The molecule has 4 rings (SSSR count). The number of hydrogen-bond acceptors (Lipinski definition) is 4. The Morgan fingerprint density at radius 1 is 1.06 bits per heavy atom. The monoisotopic (exact) mass is 421 g/mol. The Bertz CT molecular complexity index is 897. The zero-order valence-corrected chi connectivity index (χ0v) is 18.2. The summed E-state index contributed by atoms with van der Waals surface area (Å²) in [4.78, 5) is 33.6. The lowest BCUT2D eigenvalue weighted by atomic mass is 9.71. The molecular formula is C25H31N3O3. The number of likely N-dealkylation sites (tertiary alicyclic amines) is 1. The molecule has 2 aliphatic heterocycles. The van der Waals surface area contributed by atoms with Crippen molar-refractivity contribution in [1.82, 2.24) is 15.2 Å². The minimum Gasteiger partial charge on any atom is -0.381 e. The van der Waals surface area contributed by atoms with E-state index < -0.39 is 10.8 Å². The van der Waals surface area contributed by atoms with Gasteiger partial charge in [0.25, 0.3) is 0 Å². The van der Waals surface area contributed by atoms with Crippen LogP contribution in [0.15, 0.2) is 54.7 Å². The number of piperidine rings is 1. The number of carbonyl (C=O) groups is 2. The van der Waals surface area contributed by atoms with E-state index in [1.54, 1.807) is 13.2 Å². The van der Waals surface area contributed by atoms with Crippen molar-refractivity contribution in [3.63, 3.8) is 0 Å². The van der Waals surface area contributed by atoms with E-state index in [1.807, 2.05) is 41.3 Å². The van der Waals surface area contributed by atoms with E-state index in [0.717, 1.165) is 17.7 Å². The van der Waals surface area contributed by atoms with Crippen molar-refractivity contribution in [1.29, 1.82) is 0 Å². The third-order valence-corrected chi connectivity index (χ3v) is 6.89. The Balaban J connectivity index is 1.65. The predicted molar refractivity (Wildman–Crippen MR) is 118 cm³/mol. The van der Waals surface area contributed by atoms with Gasteiger partial charge in [0.1, 0.15) is 5.41 Å². The fourth-order valence-electron chi connectivity index (χ4n) is 5.18. The number of carbonyl (C=O) groups excluding carboxylic acids is 2. The Morgan fingerprint density at radius 2 is 1.81 bits per heavy atom. The van der Waals surface area contributed by atoms with Gasteiger partial charge in [-0.2, -0.15) is 0 Å². The zero-order valence-electron chi connectivity index (χ0n) is 18.2. The largest absolute Gasteiger partial charge is 0.381 e. The molecule has 164 valence electrons. The first-order chi connectivity index (χ1) is 15.1. The molecule has 0 spiro atoms. The van der Waals surface area contributed by atoms with Gasteiger partial charge in [0.2, 0.25) is 11.8 Å². The third-order valence-electron chi connectivity index (χ3n) is 6.89. The lowest BCUT2D eigenvalue weighted by molar-refractivity contribution is -0.151. The predicted octanol–water partition coefficient (Wildman–Crippen LogP) is 2.73. The first-order valence-corrected chi connectivity index (χ1v) is 11.1. The summed E-state index contributed by atoms with van der Waals surface area (Å²) in [5.74, 6) is 0.0661. The molecule has 6 heteroatoms. The summed E-state index contributed by atoms with van der Waals surface area (Å²) >= 11 is 0. The fourth-order valence-corrected chi connectivity index (χ4v) is 5.18. The molecule has 2 saturated heterocycles. The summed E-state index contributed by atoms with van der Waals surface area (Å²) in [7, 11) is 1.66. The first-order valence-electron chi connectivity index (χ1n) is 11.1. The van der Waals surface area contributed by atoms with Crippen molar-refractivity contribution in [3.8, 4) is 0 Å². The molecule has 31 heavy (non-hydrogen) atoms. The van der Waals surface area contributed by atoms with Gasteiger partial charge in [0.05, 0.1) is 11.1 Å². The molecule has 0 bridgehead atoms. The average Bonchev–Trinajstić information content (AvgIpc) is 2.84. The average molecular weight is 422 g/mol. The van der Waals surface area contributed by atoms with Crippen LogP contribution >= 0.6 is 0 Å². The number of nitrogens with zero attached hydrogens (tertiary/aromatic N) is 2. The number of nitrogens with one attached hydrogen (secondary N) is 1. The van der Waals surface area contributed by atoms with Crippen molar-refractivity contribution in [2.45, 2.75) is 37.5 Å². The highest BCUT2D eigenvalue weighted by Gasteiger charge is 2.49. The quantitative estimate of drug-likeness (QED) is 0.806. The molecule has 2 amide bonds. The highest BCUT2D eigenvalue weighted by atomic mass is 16.5. The third kappa shape index (κ3) is 4.22. The Morgan fingerprint density at radius 3 is 2.48 bits per heavy atom. The van der Waals surface area contributed by atoms with Crippen LogP contribution in [0, 0.1) is 5.41 Å². The van der Waals surface area contributed by atoms with Crippen LogP contribution in [0.1, 0.15) is 36.9 Å². The lowest BCUT2D eigenvalue weighted by Gasteiger charge is -2.46. The van der Waals surface area contributed by atoms with Gasteiger partial charge in [-0.25, -0.2) is 0 Å². The number of hydrogen-bond donors (Lipinski definition) is 1. The first kappa shape index (κ1) is 21.5. The standard InChI is InChI=1S/C25H31N3O3/c1-26-22(29)25(21-10-5-6-14-27-21)11-7-15-28(19-25)23(30)24(12-16-31-17-13-24)18-20-8-3-2-4-9-20/h2-6,8-10,14H,7,11-13,15-19H2,1H3,(H,26,29)/t25-/m1/s1. The highest BCUT2D eigenvalue weighted by Crippen LogP contribution is 2.40. The molecule has 2 aliphatic rings. The maximum atomic E-state index is 14.0. The number of pyridine rings is 1. The summed E-state index contributed by atoms with van der Waals surface area (Å²) in [6, 6.07) is 15.9. The van der Waals surface area contributed by atoms with E-state index in [9.17, 15) is 9.59 Å². The molecule has 0 unspecified atom stereocenters. The smallest absolute Gasteiger partial charge is 0.233 e. The maximum absolute atomic E-state index is 14.0. The molecule has 1 atom stereocenters. The Kier molecular flexibility index (Phi) is 6.37. The van der Waals surface area contributed by atoms with Gasteiger partial charge in [-0.05, 0) is 49.8 Å². The van der Waals surface area contributed by atoms with Crippen LogP contribution in [0.25, 0.3) is 0 Å². The highest BCUT2D eigenvalue weighted by molar-refractivity contribution is 5.90. The van der Waals surface area contributed by atoms with Crippen molar-refractivity contribution < 1.29 is 14.3 Å². The summed E-state index contributed by atoms with van der Waals surface area (Å²) in [6.45, 7) is 2.21. The summed E-state index contributed by atoms with van der Waals surface area (Å²) in [5.41, 5.74) is 0.589. The molecule has 6 nitrogen and oxygen atoms in total. The van der Waals surface area contributed by atoms with Gasteiger partial charge in [-0.1, -0.05) is 36.4 Å². The van der Waals surface area contributed by atoms with E-state index in [4.69, 9.17) is 4.74 Å². The molecule has 3 heterocycles. The lowest BCUT2D eigenvalue weighted by Crippen LogP contribution is -2.59. The van der Waals surface area contributed by atoms with Crippen LogP contribution in [0.4, 0.5) is 0 Å². The molecule has 2 fully saturated rings. The van der Waals surface area contributed by atoms with Crippen molar-refractivity contribution in [2.75, 3.05) is 33.4 Å². The van der Waals surface area contributed by atoms with Crippen LogP contribution in [0.3, 0.4) is 0 Å². The SMILES string of the molecule is CNC(=O)[C@]1(c2ccccn2)CCCN(C(=O)C2(Cc3ccccc3)CCOCC2)C1. The van der Waals surface area contributed by atoms with Crippen LogP contribution in [0.2, 0.25) is 0 Å². The van der Waals surface area contributed by atoms with Gasteiger partial charge in [-0.3, -0.25) is 14.6 Å². The number of rotatable bonds is 5. The summed E-state index contributed by atoms with van der Waals surface area (Å²) in [5, 5.41) is 2.83. The fraction of sp³-hybridized carbons (Fsp3) is 0.480. The van der Waals surface area contributed by atoms with Crippen LogP contribution in [0.5, 0.6) is 0 Å². The van der Waals surface area contributed by atoms with Gasteiger partial charge < -0.3 is 15.0 Å². The van der Waals surface area contributed by atoms with E-state index in [2.05, 4.69) is 22.4 Å². The maximum Gasteiger partial charge on any atom is 0.233 e. The number of likely N-dealkylation sites (N-methyl/N-ethyl adjacent to an activating group) is 1. The zero-order chi connectivity index (χ0) is 21.7. The molecule has 1 aromatic carbocycles. The Hall–Kier alpha value is -2.73. The normalized spacial score (nSPS) is 23.2. The molecule has 0 saturated carbocycles. The van der Waals surface area contributed by atoms with Gasteiger partial charge in [0.15, 0.2) is 0 Å². The second kappa shape index (κ2) is 9.18. The van der Waals surface area contributed by atoms with Gasteiger partial charge in [-0.15, -0.1) is 0 Å². The molecule has 0 aliphatic carbocycles. The van der Waals surface area contributed by atoms with Gasteiger partial charge in [0, 0.05) is 39.5 Å². The van der Waals surface area contributed by atoms with E-state index in [-0.39, 0.29) is 11.8 Å². The van der Waals surface area contributed by atoms with Gasteiger partial charge >= 0.3 is 0 Å². The number of amides is 2. The second-order valence-electron chi connectivity index (χ2n) is 8.76. The van der Waals surface area contributed by atoms with Crippen LogP contribution in [-0.4, -0.2) is 55.0 Å². The van der Waals surface area contributed by atoms with Crippen molar-refractivity contribution in [2.24, 2.45) is 5.41 Å². The second-order valence-corrected chi connectivity index (χ2v) is 8.76. The molecule has 0 radical (unpaired) electrons. The van der Waals surface area contributed by atoms with Crippen LogP contribution in [-0.2, 0) is 26.2 Å². The number of aromatic nitrogens is 1. The van der Waals surface area contributed by atoms with Crippen molar-refractivity contribution >= 4 is 11.8 Å². The Labute approximate surface area is 184 Å². The molecule has 2 aromatic rings. The topological polar surface area (TPSA) is 71.5 Å². The van der Waals surface area contributed by atoms with Crippen molar-refractivity contribution in [3.05, 3.63) is 66.0 Å². The summed E-state index contributed by atoms with van der Waals surface area (Å²) in [6.07, 6.45) is 5.27. The number of benzene rings is 1. The van der Waals surface area contributed by atoms with E-state index >= 15 is 0 Å². The summed E-state index contributed by atoms with van der Waals surface area (Å²) < 4.78 is 5.62. The molecular weight excluding hydrogens is 390 g/mol. The van der Waals surface area contributed by atoms with E-state index in [0.29, 0.717) is 52.0 Å². The minimum atomic E-state index is -0.816. The van der Waals surface area contributed by atoms with Crippen LogP contribution < -0.4 is 5.32 Å². The van der Waals surface area contributed by atoms with E-state index in [1.165, 1.54) is 0 Å².